The molecule has 1 aliphatic heterocycles. The van der Waals surface area contributed by atoms with Gasteiger partial charge in [-0.1, -0.05) is 0 Å². The van der Waals surface area contributed by atoms with Gasteiger partial charge in [-0.3, -0.25) is 4.79 Å². The Morgan fingerprint density at radius 2 is 2.05 bits per heavy atom. The number of carboxylic acids is 1. The van der Waals surface area contributed by atoms with E-state index in [2.05, 4.69) is 5.32 Å². The lowest BCUT2D eigenvalue weighted by molar-refractivity contribution is -0.118. The highest BCUT2D eigenvalue weighted by atomic mass is 32.2. The van der Waals surface area contributed by atoms with E-state index in [9.17, 15) is 14.7 Å². The molecule has 1 aliphatic rings. The number of anilines is 1. The quantitative estimate of drug-likeness (QED) is 0.898. The first-order chi connectivity index (χ1) is 9.33. The fourth-order valence-corrected chi connectivity index (χ4v) is 3.59. The lowest BCUT2D eigenvalue weighted by Gasteiger charge is -2.22. The fourth-order valence-electron chi connectivity index (χ4n) is 2.38. The number of thioether (sulfide) groups is 1. The number of hydrogen-bond donors (Lipinski definition) is 2. The van der Waals surface area contributed by atoms with Crippen LogP contribution in [0.15, 0.2) is 12.1 Å². The average molecular weight is 293 g/mol. The van der Waals surface area contributed by atoms with Crippen molar-refractivity contribution in [2.75, 3.05) is 11.1 Å². The van der Waals surface area contributed by atoms with Gasteiger partial charge >= 0.3 is 5.97 Å². The lowest BCUT2D eigenvalue weighted by Crippen LogP contribution is -2.34. The number of amides is 1. The number of benzene rings is 1. The van der Waals surface area contributed by atoms with Crippen LogP contribution in [-0.2, 0) is 4.79 Å². The number of carboxylic acid groups (broad SMARTS) is 1. The summed E-state index contributed by atoms with van der Waals surface area (Å²) >= 11 is 1.66. The van der Waals surface area contributed by atoms with E-state index in [4.69, 9.17) is 0 Å². The number of carbonyl (C=O) groups is 2. The summed E-state index contributed by atoms with van der Waals surface area (Å²) in [7, 11) is 0. The Hall–Kier alpha value is -1.49. The van der Waals surface area contributed by atoms with Gasteiger partial charge in [-0.05, 0) is 62.6 Å². The molecule has 108 valence electrons. The number of hydrogen-bond acceptors (Lipinski definition) is 3. The molecular formula is C15H19NO3S. The molecule has 1 aromatic rings. The molecule has 20 heavy (non-hydrogen) atoms. The van der Waals surface area contributed by atoms with Gasteiger partial charge in [-0.25, -0.2) is 4.79 Å². The van der Waals surface area contributed by atoms with Crippen LogP contribution >= 0.6 is 11.8 Å². The van der Waals surface area contributed by atoms with E-state index in [-0.39, 0.29) is 11.5 Å². The molecule has 1 unspecified atom stereocenters. The van der Waals surface area contributed by atoms with Gasteiger partial charge in [0.2, 0.25) is 5.91 Å². The Labute approximate surface area is 123 Å². The van der Waals surface area contributed by atoms with Crippen molar-refractivity contribution in [3.8, 4) is 0 Å². The first kappa shape index (κ1) is 14.9. The molecule has 1 fully saturated rings. The summed E-state index contributed by atoms with van der Waals surface area (Å²) < 4.78 is -0.401. The van der Waals surface area contributed by atoms with Gasteiger partial charge in [0.05, 0.1) is 10.3 Å². The molecule has 1 aromatic carbocycles. The van der Waals surface area contributed by atoms with E-state index in [1.807, 2.05) is 19.9 Å². The third-order valence-corrected chi connectivity index (χ3v) is 5.37. The van der Waals surface area contributed by atoms with E-state index in [0.29, 0.717) is 5.69 Å². The number of aromatic carboxylic acids is 1. The largest absolute Gasteiger partial charge is 0.478 e. The minimum absolute atomic E-state index is 0.0420. The standard InChI is InChI=1S/C15H19NO3S/c1-9-7-11(8-12(10(9)2)13(17)18)16-14(19)15(3)5-4-6-20-15/h7-8H,4-6H2,1-3H3,(H,16,19)(H,17,18). The molecular weight excluding hydrogens is 274 g/mol. The maximum atomic E-state index is 12.3. The molecule has 0 radical (unpaired) electrons. The Morgan fingerprint density at radius 1 is 1.35 bits per heavy atom. The maximum Gasteiger partial charge on any atom is 0.336 e. The first-order valence-corrected chi connectivity index (χ1v) is 7.62. The summed E-state index contributed by atoms with van der Waals surface area (Å²) in [4.78, 5) is 23.5. The molecule has 2 rings (SSSR count). The monoisotopic (exact) mass is 293 g/mol. The second-order valence-electron chi connectivity index (χ2n) is 5.41. The van der Waals surface area contributed by atoms with E-state index in [1.54, 1.807) is 18.7 Å². The zero-order valence-corrected chi connectivity index (χ0v) is 12.8. The summed E-state index contributed by atoms with van der Waals surface area (Å²) in [6.07, 6.45) is 1.90. The molecule has 0 aliphatic carbocycles. The SMILES string of the molecule is Cc1cc(NC(=O)C2(C)CCCS2)cc(C(=O)O)c1C. The highest BCUT2D eigenvalue weighted by Crippen LogP contribution is 2.38. The molecule has 2 N–H and O–H groups in total. The molecule has 4 nitrogen and oxygen atoms in total. The minimum atomic E-state index is -0.969. The molecule has 1 saturated heterocycles. The van der Waals surface area contributed by atoms with Crippen molar-refractivity contribution in [2.24, 2.45) is 0 Å². The number of nitrogens with one attached hydrogen (secondary N) is 1. The normalized spacial score (nSPS) is 21.8. The molecule has 0 bridgehead atoms. The van der Waals surface area contributed by atoms with Gasteiger partial charge < -0.3 is 10.4 Å². The highest BCUT2D eigenvalue weighted by molar-refractivity contribution is 8.01. The van der Waals surface area contributed by atoms with Crippen LogP contribution in [0.2, 0.25) is 0 Å². The third kappa shape index (κ3) is 2.82. The van der Waals surface area contributed by atoms with Gasteiger partial charge in [0.1, 0.15) is 0 Å². The lowest BCUT2D eigenvalue weighted by atomic mass is 10.0. The topological polar surface area (TPSA) is 66.4 Å². The van der Waals surface area contributed by atoms with Crippen LogP contribution in [0, 0.1) is 13.8 Å². The van der Waals surface area contributed by atoms with Crippen molar-refractivity contribution in [3.63, 3.8) is 0 Å². The second-order valence-corrected chi connectivity index (χ2v) is 7.01. The van der Waals surface area contributed by atoms with E-state index in [1.165, 1.54) is 6.07 Å². The van der Waals surface area contributed by atoms with Crippen molar-refractivity contribution >= 4 is 29.3 Å². The molecule has 5 heteroatoms. The molecule has 0 spiro atoms. The average Bonchev–Trinajstić information content (AvgIpc) is 2.81. The maximum absolute atomic E-state index is 12.3. The van der Waals surface area contributed by atoms with E-state index >= 15 is 0 Å². The Morgan fingerprint density at radius 3 is 2.60 bits per heavy atom. The van der Waals surface area contributed by atoms with Crippen LogP contribution < -0.4 is 5.32 Å². The summed E-state index contributed by atoms with van der Waals surface area (Å²) in [6, 6.07) is 3.36. The third-order valence-electron chi connectivity index (χ3n) is 3.85. The van der Waals surface area contributed by atoms with Gasteiger partial charge in [0.15, 0.2) is 0 Å². The Balaban J connectivity index is 2.26. The Kier molecular flexibility index (Phi) is 4.09. The van der Waals surface area contributed by atoms with Gasteiger partial charge in [-0.15, -0.1) is 11.8 Å². The van der Waals surface area contributed by atoms with Crippen molar-refractivity contribution < 1.29 is 14.7 Å². The van der Waals surface area contributed by atoms with Crippen LogP contribution in [-0.4, -0.2) is 27.5 Å². The zero-order valence-electron chi connectivity index (χ0n) is 11.9. The molecule has 1 amide bonds. The number of carbonyl (C=O) groups excluding carboxylic acids is 1. The van der Waals surface area contributed by atoms with Crippen LogP contribution in [0.3, 0.4) is 0 Å². The number of rotatable bonds is 3. The molecule has 1 heterocycles. The summed E-state index contributed by atoms with van der Waals surface area (Å²) in [5.74, 6) is -0.0141. The first-order valence-electron chi connectivity index (χ1n) is 6.63. The predicted octanol–water partition coefficient (Wildman–Crippen LogP) is 3.23. The zero-order chi connectivity index (χ0) is 14.9. The predicted molar refractivity (Wildman–Crippen MR) is 81.6 cm³/mol. The van der Waals surface area contributed by atoms with Gasteiger partial charge in [0.25, 0.3) is 0 Å². The van der Waals surface area contributed by atoms with Crippen molar-refractivity contribution in [3.05, 3.63) is 28.8 Å². The van der Waals surface area contributed by atoms with E-state index < -0.39 is 10.7 Å². The summed E-state index contributed by atoms with van der Waals surface area (Å²) in [6.45, 7) is 5.57. The molecule has 0 aromatic heterocycles. The number of aryl methyl sites for hydroxylation is 1. The van der Waals surface area contributed by atoms with Crippen LogP contribution in [0.5, 0.6) is 0 Å². The van der Waals surface area contributed by atoms with Crippen LogP contribution in [0.4, 0.5) is 5.69 Å². The highest BCUT2D eigenvalue weighted by Gasteiger charge is 2.37. The van der Waals surface area contributed by atoms with E-state index in [0.717, 1.165) is 29.7 Å². The smallest absolute Gasteiger partial charge is 0.336 e. The van der Waals surface area contributed by atoms with Gasteiger partial charge in [-0.2, -0.15) is 0 Å². The fraction of sp³-hybridized carbons (Fsp3) is 0.467. The van der Waals surface area contributed by atoms with Crippen molar-refractivity contribution in [1.29, 1.82) is 0 Å². The van der Waals surface area contributed by atoms with Gasteiger partial charge in [0, 0.05) is 5.69 Å². The van der Waals surface area contributed by atoms with Crippen LogP contribution in [0.25, 0.3) is 0 Å². The molecule has 1 atom stereocenters. The Bertz CT molecular complexity index is 562. The van der Waals surface area contributed by atoms with Crippen LogP contribution in [0.1, 0.15) is 41.3 Å². The molecule has 0 saturated carbocycles. The minimum Gasteiger partial charge on any atom is -0.478 e. The van der Waals surface area contributed by atoms with Crippen molar-refractivity contribution in [1.82, 2.24) is 0 Å². The summed E-state index contributed by atoms with van der Waals surface area (Å²) in [5, 5.41) is 12.1. The second kappa shape index (κ2) is 5.48. The van der Waals surface area contributed by atoms with Crippen molar-refractivity contribution in [2.45, 2.75) is 38.4 Å². The summed E-state index contributed by atoms with van der Waals surface area (Å²) in [5.41, 5.74) is 2.40.